The molecule has 0 aliphatic carbocycles. The summed E-state index contributed by atoms with van der Waals surface area (Å²) in [5, 5.41) is 3.94. The van der Waals surface area contributed by atoms with Gasteiger partial charge in [0, 0.05) is 35.7 Å². The van der Waals surface area contributed by atoms with E-state index in [1.54, 1.807) is 6.07 Å². The van der Waals surface area contributed by atoms with Gasteiger partial charge in [0.2, 0.25) is 0 Å². The molecule has 1 aliphatic rings. The van der Waals surface area contributed by atoms with E-state index in [1.165, 1.54) is 0 Å². The van der Waals surface area contributed by atoms with Crippen LogP contribution in [0.4, 0.5) is 10.1 Å². The number of nitrogens with one attached hydrogen (secondary N) is 1. The van der Waals surface area contributed by atoms with Crippen LogP contribution in [0.2, 0.25) is 0 Å². The Hall–Kier alpha value is -0.740. The Kier molecular flexibility index (Phi) is 5.20. The quantitative estimate of drug-likeness (QED) is 0.907. The molecule has 0 saturated carbocycles. The highest BCUT2D eigenvalue weighted by molar-refractivity contribution is 8.00. The zero-order chi connectivity index (χ0) is 15.6. The zero-order valence-corrected chi connectivity index (χ0v) is 14.6. The Labute approximate surface area is 132 Å². The van der Waals surface area contributed by atoms with Gasteiger partial charge in [-0.15, -0.1) is 0 Å². The van der Waals surface area contributed by atoms with E-state index in [4.69, 9.17) is 0 Å². The lowest BCUT2D eigenvalue weighted by Gasteiger charge is -2.39. The van der Waals surface area contributed by atoms with Crippen molar-refractivity contribution in [1.82, 2.24) is 5.32 Å². The maximum absolute atomic E-state index is 14.5. The molecule has 2 atom stereocenters. The molecular weight excluding hydrogens is 283 g/mol. The number of anilines is 1. The molecule has 1 saturated heterocycles. The molecule has 1 heterocycles. The average molecular weight is 310 g/mol. The van der Waals surface area contributed by atoms with E-state index in [0.29, 0.717) is 17.8 Å². The monoisotopic (exact) mass is 310 g/mol. The summed E-state index contributed by atoms with van der Waals surface area (Å²) in [6.07, 6.45) is 0. The van der Waals surface area contributed by atoms with Crippen LogP contribution in [0.3, 0.4) is 0 Å². The highest BCUT2D eigenvalue weighted by Crippen LogP contribution is 2.31. The number of benzene rings is 1. The molecule has 0 radical (unpaired) electrons. The van der Waals surface area contributed by atoms with Gasteiger partial charge in [-0.1, -0.05) is 13.0 Å². The second-order valence-electron chi connectivity index (χ2n) is 6.90. The minimum atomic E-state index is -0.103. The molecule has 0 amide bonds. The predicted octanol–water partition coefficient (Wildman–Crippen LogP) is 4.04. The molecule has 118 valence electrons. The molecule has 1 aromatic carbocycles. The van der Waals surface area contributed by atoms with Crippen molar-refractivity contribution in [3.05, 3.63) is 29.6 Å². The summed E-state index contributed by atoms with van der Waals surface area (Å²) in [6, 6.07) is 6.02. The lowest BCUT2D eigenvalue weighted by atomic mass is 10.1. The summed E-state index contributed by atoms with van der Waals surface area (Å²) in [7, 11) is 0. The first-order valence-electron chi connectivity index (χ1n) is 7.69. The van der Waals surface area contributed by atoms with Gasteiger partial charge in [0.1, 0.15) is 5.82 Å². The molecule has 0 bridgehead atoms. The van der Waals surface area contributed by atoms with Gasteiger partial charge in [-0.3, -0.25) is 0 Å². The van der Waals surface area contributed by atoms with Crippen LogP contribution in [0.15, 0.2) is 18.2 Å². The van der Waals surface area contributed by atoms with Crippen molar-refractivity contribution in [1.29, 1.82) is 0 Å². The van der Waals surface area contributed by atoms with E-state index in [1.807, 2.05) is 23.9 Å². The Morgan fingerprint density at radius 1 is 1.33 bits per heavy atom. The lowest BCUT2D eigenvalue weighted by molar-refractivity contribution is 0.423. The van der Waals surface area contributed by atoms with E-state index in [9.17, 15) is 4.39 Å². The molecule has 1 fully saturated rings. The summed E-state index contributed by atoms with van der Waals surface area (Å²) in [4.78, 5) is 2.21. The number of halogens is 1. The first-order valence-corrected chi connectivity index (χ1v) is 8.74. The summed E-state index contributed by atoms with van der Waals surface area (Å²) < 4.78 is 14.5. The Morgan fingerprint density at radius 3 is 2.67 bits per heavy atom. The van der Waals surface area contributed by atoms with Crippen molar-refractivity contribution < 1.29 is 4.39 Å². The molecule has 0 spiro atoms. The van der Waals surface area contributed by atoms with Gasteiger partial charge >= 0.3 is 0 Å². The smallest absolute Gasteiger partial charge is 0.146 e. The first kappa shape index (κ1) is 16.6. The van der Waals surface area contributed by atoms with Crippen molar-refractivity contribution in [2.24, 2.45) is 0 Å². The third-order valence-electron chi connectivity index (χ3n) is 4.03. The van der Waals surface area contributed by atoms with E-state index >= 15 is 0 Å². The second kappa shape index (κ2) is 6.57. The Bertz CT molecular complexity index is 484. The zero-order valence-electron chi connectivity index (χ0n) is 13.7. The van der Waals surface area contributed by atoms with E-state index in [0.717, 1.165) is 23.5 Å². The minimum absolute atomic E-state index is 0.0448. The topological polar surface area (TPSA) is 15.3 Å². The van der Waals surface area contributed by atoms with Gasteiger partial charge in [-0.25, -0.2) is 4.39 Å². The van der Waals surface area contributed by atoms with Crippen LogP contribution in [-0.2, 0) is 6.54 Å². The second-order valence-corrected chi connectivity index (χ2v) is 8.38. The van der Waals surface area contributed by atoms with Crippen LogP contribution < -0.4 is 10.2 Å². The molecule has 21 heavy (non-hydrogen) atoms. The van der Waals surface area contributed by atoms with Crippen molar-refractivity contribution in [3.8, 4) is 0 Å². The predicted molar refractivity (Wildman–Crippen MR) is 91.7 cm³/mol. The maximum Gasteiger partial charge on any atom is 0.146 e. The number of hydrogen-bond donors (Lipinski definition) is 1. The van der Waals surface area contributed by atoms with Crippen LogP contribution in [-0.4, -0.2) is 29.1 Å². The molecule has 4 heteroatoms. The first-order chi connectivity index (χ1) is 9.78. The van der Waals surface area contributed by atoms with E-state index in [-0.39, 0.29) is 11.4 Å². The van der Waals surface area contributed by atoms with Crippen LogP contribution >= 0.6 is 11.8 Å². The van der Waals surface area contributed by atoms with Crippen molar-refractivity contribution in [2.75, 3.05) is 17.2 Å². The van der Waals surface area contributed by atoms with Gasteiger partial charge < -0.3 is 10.2 Å². The molecule has 2 nitrogen and oxygen atoms in total. The standard InChI is InChI=1S/C17H27FN2S/c1-12-13(2)21-9-8-20(12)16-7-6-14(10-15(16)18)11-19-17(3,4)5/h6-7,10,12-13,19H,8-9,11H2,1-5H3. The Morgan fingerprint density at radius 2 is 2.05 bits per heavy atom. The molecular formula is C17H27FN2S. The van der Waals surface area contributed by atoms with Crippen molar-refractivity contribution >= 4 is 17.4 Å². The van der Waals surface area contributed by atoms with Gasteiger partial charge in [0.05, 0.1) is 5.69 Å². The number of rotatable bonds is 3. The fraction of sp³-hybridized carbons (Fsp3) is 0.647. The molecule has 1 aromatic rings. The van der Waals surface area contributed by atoms with E-state index < -0.39 is 0 Å². The summed E-state index contributed by atoms with van der Waals surface area (Å²) in [5.74, 6) is 0.965. The van der Waals surface area contributed by atoms with Gasteiger partial charge in [0.15, 0.2) is 0 Å². The molecule has 2 rings (SSSR count). The SMILES string of the molecule is CC1SCCN(c2ccc(CNC(C)(C)C)cc2F)C1C. The number of hydrogen-bond acceptors (Lipinski definition) is 3. The molecule has 1 N–H and O–H groups in total. The van der Waals surface area contributed by atoms with Crippen molar-refractivity contribution in [2.45, 2.75) is 58.0 Å². The van der Waals surface area contributed by atoms with Gasteiger partial charge in [-0.2, -0.15) is 11.8 Å². The Balaban J connectivity index is 2.12. The van der Waals surface area contributed by atoms with Crippen molar-refractivity contribution in [3.63, 3.8) is 0 Å². The van der Waals surface area contributed by atoms with E-state index in [2.05, 4.69) is 44.8 Å². The average Bonchev–Trinajstić information content (AvgIpc) is 2.39. The van der Waals surface area contributed by atoms with Gasteiger partial charge in [-0.05, 0) is 45.4 Å². The fourth-order valence-corrected chi connectivity index (χ4v) is 3.63. The van der Waals surface area contributed by atoms with Crippen LogP contribution in [0.1, 0.15) is 40.2 Å². The highest BCUT2D eigenvalue weighted by atomic mass is 32.2. The minimum Gasteiger partial charge on any atom is -0.365 e. The van der Waals surface area contributed by atoms with Crippen LogP contribution in [0, 0.1) is 5.82 Å². The van der Waals surface area contributed by atoms with Crippen LogP contribution in [0.25, 0.3) is 0 Å². The highest BCUT2D eigenvalue weighted by Gasteiger charge is 2.27. The summed E-state index contributed by atoms with van der Waals surface area (Å²) >= 11 is 1.97. The molecule has 1 aliphatic heterocycles. The lowest BCUT2D eigenvalue weighted by Crippen LogP contribution is -2.45. The number of thioether (sulfide) groups is 1. The largest absolute Gasteiger partial charge is 0.365 e. The third-order valence-corrected chi connectivity index (χ3v) is 5.37. The fourth-order valence-electron chi connectivity index (χ4n) is 2.53. The molecule has 2 unspecified atom stereocenters. The molecule has 0 aromatic heterocycles. The van der Waals surface area contributed by atoms with Crippen LogP contribution in [0.5, 0.6) is 0 Å². The third kappa shape index (κ3) is 4.36. The summed E-state index contributed by atoms with van der Waals surface area (Å²) in [6.45, 7) is 12.4. The maximum atomic E-state index is 14.5. The summed E-state index contributed by atoms with van der Waals surface area (Å²) in [5.41, 5.74) is 1.79. The van der Waals surface area contributed by atoms with Gasteiger partial charge in [0.25, 0.3) is 0 Å². The normalized spacial score (nSPS) is 23.4. The number of nitrogens with zero attached hydrogens (tertiary/aromatic N) is 1.